The Morgan fingerprint density at radius 1 is 0.969 bits per heavy atom. The highest BCUT2D eigenvalue weighted by atomic mass is 16.7. The molecule has 0 saturated heterocycles. The van der Waals surface area contributed by atoms with Crippen LogP contribution in [0.1, 0.15) is 57.6 Å². The van der Waals surface area contributed by atoms with E-state index in [9.17, 15) is 9.59 Å². The molecule has 32 heavy (non-hydrogen) atoms. The Kier molecular flexibility index (Phi) is 7.48. The van der Waals surface area contributed by atoms with E-state index in [1.807, 2.05) is 65.0 Å². The topological polar surface area (TPSA) is 72.2 Å². The second-order valence-electron chi connectivity index (χ2n) is 9.50. The molecular weight excluding hydrogens is 408 g/mol. The largest absolute Gasteiger partial charge is 0.464 e. The smallest absolute Gasteiger partial charge is 0.242 e. The average Bonchev–Trinajstić information content (AvgIpc) is 3.34. The van der Waals surface area contributed by atoms with Crippen LogP contribution in [0.2, 0.25) is 0 Å². The molecule has 2 heterocycles. The molecule has 0 spiro atoms. The molecule has 7 nitrogen and oxygen atoms in total. The van der Waals surface area contributed by atoms with Gasteiger partial charge in [-0.15, -0.1) is 0 Å². The highest BCUT2D eigenvalue weighted by Crippen LogP contribution is 2.33. The molecule has 2 aromatic rings. The number of ether oxygens (including phenoxy) is 2. The number of nitrogens with zero attached hydrogens (tertiary/aromatic N) is 2. The first-order valence-electron chi connectivity index (χ1n) is 11.1. The molecule has 174 valence electrons. The number of amides is 2. The Labute approximate surface area is 190 Å². The van der Waals surface area contributed by atoms with Crippen molar-refractivity contribution in [1.82, 2.24) is 9.80 Å². The van der Waals surface area contributed by atoms with E-state index in [1.54, 1.807) is 9.80 Å². The Hall–Kier alpha value is -2.96. The standard InChI is InChI=1S/C25H34N2O5/c1-6-11-26(23(28)13-25(3,4)5)16-24(29)27(15-20-9-7-18(2)32-20)14-19-8-10-21-22(12-19)31-17-30-21/h7-10,12H,6,11,13-17H2,1-5H3. The van der Waals surface area contributed by atoms with E-state index in [2.05, 4.69) is 0 Å². The summed E-state index contributed by atoms with van der Waals surface area (Å²) in [6, 6.07) is 9.44. The van der Waals surface area contributed by atoms with Gasteiger partial charge in [0.25, 0.3) is 0 Å². The fourth-order valence-electron chi connectivity index (χ4n) is 3.64. The average molecular weight is 443 g/mol. The molecule has 0 saturated carbocycles. The first kappa shape index (κ1) is 23.7. The quantitative estimate of drug-likeness (QED) is 0.571. The van der Waals surface area contributed by atoms with Gasteiger partial charge in [0.05, 0.1) is 13.1 Å². The zero-order valence-corrected chi connectivity index (χ0v) is 19.8. The van der Waals surface area contributed by atoms with E-state index < -0.39 is 0 Å². The van der Waals surface area contributed by atoms with Crippen LogP contribution < -0.4 is 9.47 Å². The monoisotopic (exact) mass is 442 g/mol. The molecule has 0 unspecified atom stereocenters. The van der Waals surface area contributed by atoms with Crippen LogP contribution in [-0.4, -0.2) is 41.5 Å². The number of carbonyl (C=O) groups excluding carboxylic acids is 2. The first-order valence-corrected chi connectivity index (χ1v) is 11.1. The number of fused-ring (bicyclic) bond motifs is 1. The van der Waals surface area contributed by atoms with Crippen molar-refractivity contribution in [3.05, 3.63) is 47.4 Å². The van der Waals surface area contributed by atoms with Gasteiger partial charge in [0, 0.05) is 19.5 Å². The van der Waals surface area contributed by atoms with Crippen LogP contribution in [0.15, 0.2) is 34.7 Å². The molecule has 0 bridgehead atoms. The van der Waals surface area contributed by atoms with Crippen molar-refractivity contribution in [2.75, 3.05) is 19.9 Å². The number of aryl methyl sites for hydroxylation is 1. The van der Waals surface area contributed by atoms with Gasteiger partial charge in [0.2, 0.25) is 18.6 Å². The van der Waals surface area contributed by atoms with Gasteiger partial charge in [-0.25, -0.2) is 0 Å². The maximum absolute atomic E-state index is 13.4. The Bertz CT molecular complexity index is 944. The zero-order chi connectivity index (χ0) is 23.3. The maximum Gasteiger partial charge on any atom is 0.242 e. The summed E-state index contributed by atoms with van der Waals surface area (Å²) in [5.74, 6) is 2.77. The number of hydrogen-bond acceptors (Lipinski definition) is 5. The van der Waals surface area contributed by atoms with Gasteiger partial charge in [-0.2, -0.15) is 0 Å². The molecule has 1 aliphatic heterocycles. The number of carbonyl (C=O) groups is 2. The number of rotatable bonds is 9. The van der Waals surface area contributed by atoms with Crippen LogP contribution in [0.25, 0.3) is 0 Å². The van der Waals surface area contributed by atoms with Gasteiger partial charge < -0.3 is 23.7 Å². The Balaban J connectivity index is 1.77. The zero-order valence-electron chi connectivity index (χ0n) is 19.8. The molecule has 0 radical (unpaired) electrons. The van der Waals surface area contributed by atoms with Crippen LogP contribution in [0, 0.1) is 12.3 Å². The number of furan rings is 1. The Morgan fingerprint density at radius 2 is 1.72 bits per heavy atom. The van der Waals surface area contributed by atoms with E-state index in [0.29, 0.717) is 43.3 Å². The molecule has 3 rings (SSSR count). The van der Waals surface area contributed by atoms with E-state index in [-0.39, 0.29) is 30.6 Å². The minimum Gasteiger partial charge on any atom is -0.464 e. The number of hydrogen-bond donors (Lipinski definition) is 0. The molecule has 2 amide bonds. The van der Waals surface area contributed by atoms with Crippen molar-refractivity contribution in [3.63, 3.8) is 0 Å². The SMILES string of the molecule is CCCN(CC(=O)N(Cc1ccc2c(c1)OCO2)Cc1ccc(C)o1)C(=O)CC(C)(C)C. The predicted octanol–water partition coefficient (Wildman–Crippen LogP) is 4.52. The minimum atomic E-state index is -0.135. The highest BCUT2D eigenvalue weighted by molar-refractivity contribution is 5.85. The normalized spacial score (nSPS) is 12.7. The molecule has 7 heteroatoms. The van der Waals surface area contributed by atoms with Gasteiger partial charge in [0.1, 0.15) is 11.5 Å². The summed E-state index contributed by atoms with van der Waals surface area (Å²) in [6.07, 6.45) is 1.20. The summed E-state index contributed by atoms with van der Waals surface area (Å²) in [7, 11) is 0. The van der Waals surface area contributed by atoms with E-state index >= 15 is 0 Å². The summed E-state index contributed by atoms with van der Waals surface area (Å²) in [5, 5.41) is 0. The van der Waals surface area contributed by atoms with Crippen LogP contribution in [-0.2, 0) is 22.7 Å². The van der Waals surface area contributed by atoms with E-state index in [1.165, 1.54) is 0 Å². The van der Waals surface area contributed by atoms with E-state index in [0.717, 1.165) is 17.7 Å². The molecule has 0 fully saturated rings. The van der Waals surface area contributed by atoms with Crippen molar-refractivity contribution >= 4 is 11.8 Å². The summed E-state index contributed by atoms with van der Waals surface area (Å²) < 4.78 is 16.6. The third-order valence-corrected chi connectivity index (χ3v) is 5.16. The van der Waals surface area contributed by atoms with Crippen molar-refractivity contribution in [2.45, 2.75) is 60.5 Å². The van der Waals surface area contributed by atoms with Crippen molar-refractivity contribution < 1.29 is 23.5 Å². The van der Waals surface area contributed by atoms with Crippen LogP contribution in [0.4, 0.5) is 0 Å². The fourth-order valence-corrected chi connectivity index (χ4v) is 3.64. The number of benzene rings is 1. The molecule has 0 atom stereocenters. The molecule has 0 aliphatic carbocycles. The Morgan fingerprint density at radius 3 is 2.38 bits per heavy atom. The summed E-state index contributed by atoms with van der Waals surface area (Å²) in [5.41, 5.74) is 0.790. The van der Waals surface area contributed by atoms with Crippen molar-refractivity contribution in [1.29, 1.82) is 0 Å². The highest BCUT2D eigenvalue weighted by Gasteiger charge is 2.25. The maximum atomic E-state index is 13.4. The van der Waals surface area contributed by atoms with Gasteiger partial charge in [-0.05, 0) is 48.6 Å². The molecule has 0 N–H and O–H groups in total. The lowest BCUT2D eigenvalue weighted by atomic mass is 9.91. The molecule has 1 aromatic heterocycles. The van der Waals surface area contributed by atoms with Crippen LogP contribution in [0.5, 0.6) is 11.5 Å². The van der Waals surface area contributed by atoms with Crippen molar-refractivity contribution in [2.24, 2.45) is 5.41 Å². The van der Waals surface area contributed by atoms with Crippen molar-refractivity contribution in [3.8, 4) is 11.5 Å². The van der Waals surface area contributed by atoms with Gasteiger partial charge >= 0.3 is 0 Å². The lowest BCUT2D eigenvalue weighted by Gasteiger charge is -2.29. The predicted molar refractivity (Wildman–Crippen MR) is 121 cm³/mol. The third-order valence-electron chi connectivity index (χ3n) is 5.16. The fraction of sp³-hybridized carbons (Fsp3) is 0.520. The summed E-state index contributed by atoms with van der Waals surface area (Å²) in [6.45, 7) is 11.5. The summed E-state index contributed by atoms with van der Waals surface area (Å²) >= 11 is 0. The van der Waals surface area contributed by atoms with Gasteiger partial charge in [0.15, 0.2) is 11.5 Å². The molecule has 1 aromatic carbocycles. The third kappa shape index (κ3) is 6.52. The second-order valence-corrected chi connectivity index (χ2v) is 9.50. The lowest BCUT2D eigenvalue weighted by molar-refractivity contribution is -0.142. The molecule has 1 aliphatic rings. The van der Waals surface area contributed by atoms with Crippen LogP contribution in [0.3, 0.4) is 0 Å². The van der Waals surface area contributed by atoms with Gasteiger partial charge in [-0.1, -0.05) is 33.8 Å². The van der Waals surface area contributed by atoms with E-state index in [4.69, 9.17) is 13.9 Å². The lowest BCUT2D eigenvalue weighted by Crippen LogP contribution is -2.43. The minimum absolute atomic E-state index is 0.00423. The summed E-state index contributed by atoms with van der Waals surface area (Å²) in [4.78, 5) is 29.6. The van der Waals surface area contributed by atoms with Crippen LogP contribution >= 0.6 is 0 Å². The second kappa shape index (κ2) is 10.1. The van der Waals surface area contributed by atoms with Gasteiger partial charge in [-0.3, -0.25) is 9.59 Å². The molecular formula is C25H34N2O5. The first-order chi connectivity index (χ1) is 15.1.